The van der Waals surface area contributed by atoms with Crippen LogP contribution in [-0.4, -0.2) is 9.78 Å². The zero-order chi connectivity index (χ0) is 7.56. The normalized spacial score (nSPS) is 10.3. The molecule has 56 valence electrons. The van der Waals surface area contributed by atoms with E-state index in [0.29, 0.717) is 0 Å². The van der Waals surface area contributed by atoms with Crippen LogP contribution in [0.25, 0.3) is 0 Å². The maximum Gasteiger partial charge on any atom is 0.181 e. The van der Waals surface area contributed by atoms with E-state index in [1.54, 1.807) is 0 Å². The molecular weight excluding hydrogens is 131 g/mol. The Kier molecular flexibility index (Phi) is 2.04. The number of aryl methyl sites for hydroxylation is 2. The minimum Gasteiger partial charge on any atom is -0.238 e. The lowest BCUT2D eigenvalue weighted by molar-refractivity contribution is 0.341. The first-order valence-electron chi connectivity index (χ1n) is 3.37. The second-order valence-electron chi connectivity index (χ2n) is 2.25. The molecule has 2 nitrogen and oxygen atoms in total. The highest BCUT2D eigenvalue weighted by Gasteiger charge is 2.00. The van der Waals surface area contributed by atoms with Crippen LogP contribution >= 0.6 is 0 Å². The summed E-state index contributed by atoms with van der Waals surface area (Å²) < 4.78 is 13.5. The van der Waals surface area contributed by atoms with Crippen LogP contribution in [0.2, 0.25) is 0 Å². The number of halogens is 1. The van der Waals surface area contributed by atoms with Gasteiger partial charge in [-0.15, -0.1) is 0 Å². The van der Waals surface area contributed by atoms with E-state index in [9.17, 15) is 4.39 Å². The summed E-state index contributed by atoms with van der Waals surface area (Å²) in [5.74, 6) is 0. The van der Waals surface area contributed by atoms with Gasteiger partial charge in [-0.25, -0.2) is 9.07 Å². The van der Waals surface area contributed by atoms with Crippen LogP contribution in [0.5, 0.6) is 0 Å². The standard InChI is InChI=1S/C7H11FN2/c1-3-7-4-6(2)9-10(7)5-8/h4H,3,5H2,1-2H3. The Morgan fingerprint density at radius 2 is 2.40 bits per heavy atom. The fraction of sp³-hybridized carbons (Fsp3) is 0.571. The zero-order valence-corrected chi connectivity index (χ0v) is 6.26. The third-order valence-electron chi connectivity index (χ3n) is 1.46. The molecule has 0 N–H and O–H groups in total. The molecule has 1 aromatic rings. The van der Waals surface area contributed by atoms with Crippen LogP contribution in [0.4, 0.5) is 4.39 Å². The van der Waals surface area contributed by atoms with Gasteiger partial charge in [-0.2, -0.15) is 5.10 Å². The summed E-state index contributed by atoms with van der Waals surface area (Å²) in [6.07, 6.45) is 0.838. The van der Waals surface area contributed by atoms with E-state index in [1.165, 1.54) is 4.68 Å². The smallest absolute Gasteiger partial charge is 0.181 e. The molecular formula is C7H11FN2. The summed E-state index contributed by atoms with van der Waals surface area (Å²) in [5.41, 5.74) is 1.84. The van der Waals surface area contributed by atoms with Gasteiger partial charge >= 0.3 is 0 Å². The largest absolute Gasteiger partial charge is 0.238 e. The average molecular weight is 142 g/mol. The van der Waals surface area contributed by atoms with E-state index in [4.69, 9.17) is 0 Å². The van der Waals surface area contributed by atoms with Crippen molar-refractivity contribution in [3.8, 4) is 0 Å². The first kappa shape index (κ1) is 7.25. The Balaban J connectivity index is 2.96. The van der Waals surface area contributed by atoms with Crippen molar-refractivity contribution >= 4 is 0 Å². The molecule has 0 radical (unpaired) electrons. The van der Waals surface area contributed by atoms with Gasteiger partial charge in [0.2, 0.25) is 0 Å². The fourth-order valence-corrected chi connectivity index (χ4v) is 0.987. The quantitative estimate of drug-likeness (QED) is 0.614. The Labute approximate surface area is 59.7 Å². The molecule has 0 aliphatic heterocycles. The third-order valence-corrected chi connectivity index (χ3v) is 1.46. The maximum atomic E-state index is 12.1. The van der Waals surface area contributed by atoms with Crippen LogP contribution in [-0.2, 0) is 13.2 Å². The molecule has 3 heteroatoms. The highest BCUT2D eigenvalue weighted by atomic mass is 19.1. The predicted molar refractivity (Wildman–Crippen MR) is 37.5 cm³/mol. The van der Waals surface area contributed by atoms with Crippen molar-refractivity contribution in [2.45, 2.75) is 27.1 Å². The number of hydrogen-bond donors (Lipinski definition) is 0. The summed E-state index contributed by atoms with van der Waals surface area (Å²) in [4.78, 5) is 0. The van der Waals surface area contributed by atoms with E-state index < -0.39 is 6.80 Å². The third kappa shape index (κ3) is 1.17. The second-order valence-corrected chi connectivity index (χ2v) is 2.25. The number of rotatable bonds is 2. The number of aromatic nitrogens is 2. The summed E-state index contributed by atoms with van der Waals surface area (Å²) in [6.45, 7) is 3.34. The van der Waals surface area contributed by atoms with Gasteiger partial charge in [0.25, 0.3) is 0 Å². The molecule has 1 rings (SSSR count). The van der Waals surface area contributed by atoms with Crippen LogP contribution in [0.3, 0.4) is 0 Å². The molecule has 1 aromatic heterocycles. The van der Waals surface area contributed by atoms with Gasteiger partial charge in [-0.05, 0) is 19.4 Å². The van der Waals surface area contributed by atoms with Gasteiger partial charge in [0.15, 0.2) is 6.80 Å². The molecule has 0 aliphatic rings. The molecule has 0 fully saturated rings. The molecule has 0 amide bonds. The minimum atomic E-state index is -0.517. The molecule has 0 aromatic carbocycles. The summed E-state index contributed by atoms with van der Waals surface area (Å²) >= 11 is 0. The SMILES string of the molecule is CCc1cc(C)nn1CF. The van der Waals surface area contributed by atoms with Crippen LogP contribution in [0.15, 0.2) is 6.07 Å². The monoisotopic (exact) mass is 142 g/mol. The van der Waals surface area contributed by atoms with Crippen molar-refractivity contribution in [3.63, 3.8) is 0 Å². The lowest BCUT2D eigenvalue weighted by Gasteiger charge is -1.96. The minimum absolute atomic E-state index is 0.517. The van der Waals surface area contributed by atoms with Gasteiger partial charge in [0.1, 0.15) is 0 Å². The molecule has 10 heavy (non-hydrogen) atoms. The first-order valence-corrected chi connectivity index (χ1v) is 3.37. The molecule has 0 aliphatic carbocycles. The predicted octanol–water partition coefficient (Wildman–Crippen LogP) is 1.68. The van der Waals surface area contributed by atoms with Gasteiger partial charge in [0, 0.05) is 5.69 Å². The van der Waals surface area contributed by atoms with Gasteiger partial charge in [0.05, 0.1) is 5.69 Å². The molecule has 0 unspecified atom stereocenters. The lowest BCUT2D eigenvalue weighted by Crippen LogP contribution is -1.99. The van der Waals surface area contributed by atoms with Crippen LogP contribution in [0, 0.1) is 6.92 Å². The highest BCUT2D eigenvalue weighted by molar-refractivity contribution is 5.08. The van der Waals surface area contributed by atoms with Crippen molar-refractivity contribution in [2.75, 3.05) is 0 Å². The van der Waals surface area contributed by atoms with E-state index in [-0.39, 0.29) is 0 Å². The first-order chi connectivity index (χ1) is 4.77. The highest BCUT2D eigenvalue weighted by Crippen LogP contribution is 2.03. The number of nitrogens with zero attached hydrogens (tertiary/aromatic N) is 2. The average Bonchev–Trinajstić information content (AvgIpc) is 2.30. The zero-order valence-electron chi connectivity index (χ0n) is 6.26. The van der Waals surface area contributed by atoms with Crippen LogP contribution < -0.4 is 0 Å². The van der Waals surface area contributed by atoms with Gasteiger partial charge < -0.3 is 0 Å². The Morgan fingerprint density at radius 3 is 2.80 bits per heavy atom. The second kappa shape index (κ2) is 2.82. The Morgan fingerprint density at radius 1 is 1.70 bits per heavy atom. The van der Waals surface area contributed by atoms with Gasteiger partial charge in [-0.1, -0.05) is 6.92 Å². The van der Waals surface area contributed by atoms with Crippen molar-refractivity contribution in [3.05, 3.63) is 17.5 Å². The summed E-state index contributed by atoms with van der Waals surface area (Å²) in [7, 11) is 0. The lowest BCUT2D eigenvalue weighted by atomic mass is 10.3. The maximum absolute atomic E-state index is 12.1. The molecule has 0 spiro atoms. The van der Waals surface area contributed by atoms with E-state index in [0.717, 1.165) is 17.8 Å². The van der Waals surface area contributed by atoms with Crippen LogP contribution in [0.1, 0.15) is 18.3 Å². The van der Waals surface area contributed by atoms with Crippen molar-refractivity contribution < 1.29 is 4.39 Å². The molecule has 1 heterocycles. The number of alkyl halides is 1. The fourth-order valence-electron chi connectivity index (χ4n) is 0.987. The van der Waals surface area contributed by atoms with Crippen molar-refractivity contribution in [1.29, 1.82) is 0 Å². The summed E-state index contributed by atoms with van der Waals surface area (Å²) in [6, 6.07) is 1.90. The molecule has 0 saturated heterocycles. The summed E-state index contributed by atoms with van der Waals surface area (Å²) in [5, 5.41) is 3.94. The van der Waals surface area contributed by atoms with Crippen molar-refractivity contribution in [1.82, 2.24) is 9.78 Å². The van der Waals surface area contributed by atoms with Gasteiger partial charge in [-0.3, -0.25) is 0 Å². The molecule has 0 saturated carbocycles. The van der Waals surface area contributed by atoms with E-state index in [2.05, 4.69) is 5.10 Å². The number of hydrogen-bond acceptors (Lipinski definition) is 1. The van der Waals surface area contributed by atoms with E-state index >= 15 is 0 Å². The Bertz CT molecular complexity index is 196. The van der Waals surface area contributed by atoms with E-state index in [1.807, 2.05) is 19.9 Å². The topological polar surface area (TPSA) is 17.8 Å². The Hall–Kier alpha value is -0.860. The molecule has 0 bridgehead atoms. The van der Waals surface area contributed by atoms with Crippen molar-refractivity contribution in [2.24, 2.45) is 0 Å². The molecule has 0 atom stereocenters.